The summed E-state index contributed by atoms with van der Waals surface area (Å²) in [6.45, 7) is 0. The first-order valence-corrected chi connectivity index (χ1v) is 5.53. The number of rotatable bonds is 5. The van der Waals surface area contributed by atoms with Crippen LogP contribution >= 0.6 is 0 Å². The van der Waals surface area contributed by atoms with Crippen molar-refractivity contribution < 1.29 is 24.5 Å². The molecule has 5 N–H and O–H groups in total. The first-order chi connectivity index (χ1) is 8.99. The number of hydrogen-bond donors (Lipinski definition) is 4. The molecular weight excluding hydrogens is 252 g/mol. The minimum atomic E-state index is -1.28. The molecule has 7 nitrogen and oxygen atoms in total. The van der Waals surface area contributed by atoms with Crippen LogP contribution in [0.15, 0.2) is 24.3 Å². The van der Waals surface area contributed by atoms with Gasteiger partial charge in [0, 0.05) is 5.56 Å². The molecule has 0 saturated heterocycles. The maximum Gasteiger partial charge on any atom is 0.308 e. The van der Waals surface area contributed by atoms with Crippen LogP contribution in [0.5, 0.6) is 0 Å². The summed E-state index contributed by atoms with van der Waals surface area (Å²) in [5.74, 6) is 3.90. The van der Waals surface area contributed by atoms with E-state index in [0.29, 0.717) is 11.1 Å². The maximum atomic E-state index is 11.2. The average molecular weight is 268 g/mol. The summed E-state index contributed by atoms with van der Waals surface area (Å²) >= 11 is 0. The Morgan fingerprint density at radius 2 is 1.89 bits per heavy atom. The fourth-order valence-corrected chi connectivity index (χ4v) is 1.50. The number of esters is 1. The quantitative estimate of drug-likeness (QED) is 0.241. The third-order valence-corrected chi connectivity index (χ3v) is 2.61. The van der Waals surface area contributed by atoms with Gasteiger partial charge in [0.25, 0.3) is 5.91 Å². The van der Waals surface area contributed by atoms with Crippen LogP contribution in [0.3, 0.4) is 0 Å². The molecule has 0 fully saturated rings. The fraction of sp³-hybridized carbons (Fsp3) is 0.333. The molecule has 7 heteroatoms. The smallest absolute Gasteiger partial charge is 0.308 e. The zero-order chi connectivity index (χ0) is 14.4. The van der Waals surface area contributed by atoms with E-state index in [2.05, 4.69) is 4.74 Å². The molecular formula is C12H16N2O5. The number of carbonyl (C=O) groups excluding carboxylic acids is 2. The Kier molecular flexibility index (Phi) is 5.43. The SMILES string of the molecule is COC(=O)CC(O)C(O)c1ccc(C(=O)NN)cc1. The number of aliphatic hydroxyl groups is 2. The highest BCUT2D eigenvalue weighted by Crippen LogP contribution is 2.19. The predicted octanol–water partition coefficient (Wildman–Crippen LogP) is -0.752. The van der Waals surface area contributed by atoms with E-state index in [1.165, 1.54) is 31.4 Å². The predicted molar refractivity (Wildman–Crippen MR) is 65.7 cm³/mol. The van der Waals surface area contributed by atoms with Crippen molar-refractivity contribution in [3.05, 3.63) is 35.4 Å². The second-order valence-electron chi connectivity index (χ2n) is 3.89. The lowest BCUT2D eigenvalue weighted by Crippen LogP contribution is -2.30. The Bertz CT molecular complexity index is 446. The zero-order valence-corrected chi connectivity index (χ0v) is 10.4. The van der Waals surface area contributed by atoms with Gasteiger partial charge in [0.05, 0.1) is 19.6 Å². The molecule has 0 aliphatic carbocycles. The maximum absolute atomic E-state index is 11.2. The van der Waals surface area contributed by atoms with Crippen LogP contribution in [-0.2, 0) is 9.53 Å². The van der Waals surface area contributed by atoms with E-state index in [9.17, 15) is 19.8 Å². The Hall–Kier alpha value is -1.96. The van der Waals surface area contributed by atoms with Gasteiger partial charge in [-0.25, -0.2) is 5.84 Å². The summed E-state index contributed by atoms with van der Waals surface area (Å²) in [5, 5.41) is 19.5. The molecule has 2 atom stereocenters. The van der Waals surface area contributed by atoms with Crippen LogP contribution in [0.25, 0.3) is 0 Å². The molecule has 19 heavy (non-hydrogen) atoms. The van der Waals surface area contributed by atoms with Crippen LogP contribution in [0.1, 0.15) is 28.4 Å². The standard InChI is InChI=1S/C12H16N2O5/c1-19-10(16)6-9(15)11(17)7-2-4-8(5-3-7)12(18)14-13/h2-5,9,11,15,17H,6,13H2,1H3,(H,14,18). The highest BCUT2D eigenvalue weighted by molar-refractivity contribution is 5.93. The molecule has 0 spiro atoms. The molecule has 0 aliphatic rings. The van der Waals surface area contributed by atoms with Crippen LogP contribution in [0.2, 0.25) is 0 Å². The number of methoxy groups -OCH3 is 1. The van der Waals surface area contributed by atoms with Gasteiger partial charge < -0.3 is 14.9 Å². The van der Waals surface area contributed by atoms with Crippen molar-refractivity contribution in [2.45, 2.75) is 18.6 Å². The minimum Gasteiger partial charge on any atom is -0.469 e. The lowest BCUT2D eigenvalue weighted by molar-refractivity contribution is -0.144. The molecule has 1 amide bonds. The van der Waals surface area contributed by atoms with E-state index in [1.807, 2.05) is 5.43 Å². The number of amides is 1. The zero-order valence-electron chi connectivity index (χ0n) is 10.4. The summed E-state index contributed by atoms with van der Waals surface area (Å²) in [4.78, 5) is 22.2. The van der Waals surface area contributed by atoms with Crippen LogP contribution in [0, 0.1) is 0 Å². The Balaban J connectivity index is 2.74. The van der Waals surface area contributed by atoms with Gasteiger partial charge in [-0.15, -0.1) is 0 Å². The molecule has 1 aromatic carbocycles. The van der Waals surface area contributed by atoms with E-state index in [0.717, 1.165) is 0 Å². The van der Waals surface area contributed by atoms with Crippen LogP contribution < -0.4 is 11.3 Å². The van der Waals surface area contributed by atoms with Crippen molar-refractivity contribution in [3.8, 4) is 0 Å². The van der Waals surface area contributed by atoms with Gasteiger partial charge in [-0.05, 0) is 17.7 Å². The second kappa shape index (κ2) is 6.83. The van der Waals surface area contributed by atoms with Gasteiger partial charge in [0.15, 0.2) is 0 Å². The van der Waals surface area contributed by atoms with E-state index >= 15 is 0 Å². The van der Waals surface area contributed by atoms with Crippen molar-refractivity contribution in [3.63, 3.8) is 0 Å². The minimum absolute atomic E-state index is 0.317. The van der Waals surface area contributed by atoms with E-state index in [4.69, 9.17) is 5.84 Å². The number of hydrogen-bond acceptors (Lipinski definition) is 6. The van der Waals surface area contributed by atoms with E-state index in [-0.39, 0.29) is 6.42 Å². The molecule has 1 rings (SSSR count). The third kappa shape index (κ3) is 4.02. The summed E-state index contributed by atoms with van der Waals surface area (Å²) in [6, 6.07) is 5.84. The first-order valence-electron chi connectivity index (χ1n) is 5.53. The fourth-order valence-electron chi connectivity index (χ4n) is 1.50. The Morgan fingerprint density at radius 1 is 1.32 bits per heavy atom. The van der Waals surface area contributed by atoms with Crippen LogP contribution in [0.4, 0.5) is 0 Å². The summed E-state index contributed by atoms with van der Waals surface area (Å²) < 4.78 is 4.40. The Labute approximate surface area is 110 Å². The molecule has 0 saturated carbocycles. The van der Waals surface area contributed by atoms with Gasteiger partial charge >= 0.3 is 5.97 Å². The van der Waals surface area contributed by atoms with Crippen molar-refractivity contribution in [2.24, 2.45) is 5.84 Å². The second-order valence-corrected chi connectivity index (χ2v) is 3.89. The van der Waals surface area contributed by atoms with Crippen molar-refractivity contribution in [2.75, 3.05) is 7.11 Å². The number of aliphatic hydroxyl groups excluding tert-OH is 2. The summed E-state index contributed by atoms with van der Waals surface area (Å²) in [6.07, 6.45) is -2.83. The van der Waals surface area contributed by atoms with Gasteiger partial charge in [0.2, 0.25) is 0 Å². The topological polar surface area (TPSA) is 122 Å². The summed E-state index contributed by atoms with van der Waals surface area (Å²) in [7, 11) is 1.20. The molecule has 0 heterocycles. The lowest BCUT2D eigenvalue weighted by Gasteiger charge is -2.17. The number of nitrogens with one attached hydrogen (secondary N) is 1. The Morgan fingerprint density at radius 3 is 2.37 bits per heavy atom. The average Bonchev–Trinajstić information content (AvgIpc) is 2.45. The van der Waals surface area contributed by atoms with E-state index < -0.39 is 24.1 Å². The molecule has 0 aromatic heterocycles. The normalized spacial score (nSPS) is 13.5. The molecule has 104 valence electrons. The van der Waals surface area contributed by atoms with E-state index in [1.54, 1.807) is 0 Å². The number of nitrogen functional groups attached to an aromatic ring is 1. The number of hydrazine groups is 1. The van der Waals surface area contributed by atoms with Crippen molar-refractivity contribution in [1.29, 1.82) is 0 Å². The van der Waals surface area contributed by atoms with Gasteiger partial charge in [-0.3, -0.25) is 15.0 Å². The van der Waals surface area contributed by atoms with Gasteiger partial charge in [-0.1, -0.05) is 12.1 Å². The molecule has 1 aromatic rings. The number of ether oxygens (including phenoxy) is 1. The highest BCUT2D eigenvalue weighted by Gasteiger charge is 2.21. The first kappa shape index (κ1) is 15.1. The number of benzene rings is 1. The lowest BCUT2D eigenvalue weighted by atomic mass is 10.0. The van der Waals surface area contributed by atoms with Crippen molar-refractivity contribution in [1.82, 2.24) is 5.43 Å². The molecule has 0 aliphatic heterocycles. The molecule has 0 bridgehead atoms. The largest absolute Gasteiger partial charge is 0.469 e. The number of carbonyl (C=O) groups is 2. The van der Waals surface area contributed by atoms with Gasteiger partial charge in [-0.2, -0.15) is 0 Å². The summed E-state index contributed by atoms with van der Waals surface area (Å²) in [5.41, 5.74) is 2.67. The monoisotopic (exact) mass is 268 g/mol. The van der Waals surface area contributed by atoms with Crippen LogP contribution in [-0.4, -0.2) is 35.3 Å². The highest BCUT2D eigenvalue weighted by atomic mass is 16.5. The third-order valence-electron chi connectivity index (χ3n) is 2.61. The molecule has 2 unspecified atom stereocenters. The molecule has 0 radical (unpaired) electrons. The number of nitrogens with two attached hydrogens (primary N) is 1. The van der Waals surface area contributed by atoms with Crippen molar-refractivity contribution >= 4 is 11.9 Å². The van der Waals surface area contributed by atoms with Gasteiger partial charge in [0.1, 0.15) is 6.10 Å².